The van der Waals surface area contributed by atoms with Crippen LogP contribution in [0.5, 0.6) is 0 Å². The second kappa shape index (κ2) is 9.19. The largest absolute Gasteiger partial charge is 0.356 e. The number of nitrogens with one attached hydrogen (secondary N) is 2. The van der Waals surface area contributed by atoms with Gasteiger partial charge in [0.2, 0.25) is 0 Å². The van der Waals surface area contributed by atoms with E-state index in [1.165, 1.54) is 11.1 Å². The van der Waals surface area contributed by atoms with Crippen LogP contribution in [0.15, 0.2) is 45.6 Å². The normalized spacial score (nSPS) is 13.5. The van der Waals surface area contributed by atoms with E-state index in [4.69, 9.17) is 0 Å². The van der Waals surface area contributed by atoms with E-state index in [0.717, 1.165) is 30.1 Å². The smallest absolute Gasteiger partial charge is 0.191 e. The molecular formula is C19H27N3O2S2. The van der Waals surface area contributed by atoms with E-state index in [1.807, 2.05) is 19.1 Å². The van der Waals surface area contributed by atoms with Gasteiger partial charge in [0.15, 0.2) is 15.8 Å². The average molecular weight is 394 g/mol. The maximum absolute atomic E-state index is 11.7. The van der Waals surface area contributed by atoms with Crippen molar-refractivity contribution < 1.29 is 8.42 Å². The summed E-state index contributed by atoms with van der Waals surface area (Å²) in [4.78, 5) is 6.03. The Morgan fingerprint density at radius 1 is 1.27 bits per heavy atom. The van der Waals surface area contributed by atoms with Crippen molar-refractivity contribution in [2.45, 2.75) is 31.7 Å². The lowest BCUT2D eigenvalue weighted by Gasteiger charge is -2.16. The minimum atomic E-state index is -3.18. The molecule has 2 N–H and O–H groups in total. The van der Waals surface area contributed by atoms with Gasteiger partial charge in [0, 0.05) is 31.3 Å². The number of guanidine groups is 1. The Morgan fingerprint density at radius 3 is 2.62 bits per heavy atom. The van der Waals surface area contributed by atoms with E-state index in [2.05, 4.69) is 40.1 Å². The van der Waals surface area contributed by atoms with Crippen LogP contribution in [-0.4, -0.2) is 34.2 Å². The Bertz CT molecular complexity index is 844. The molecule has 1 aromatic carbocycles. The summed E-state index contributed by atoms with van der Waals surface area (Å²) in [5.41, 5.74) is 1.78. The first-order valence-electron chi connectivity index (χ1n) is 8.56. The van der Waals surface area contributed by atoms with Gasteiger partial charge in [-0.05, 0) is 47.9 Å². The zero-order valence-corrected chi connectivity index (χ0v) is 17.4. The van der Waals surface area contributed by atoms with Crippen molar-refractivity contribution in [1.82, 2.24) is 10.6 Å². The molecule has 26 heavy (non-hydrogen) atoms. The molecule has 0 aliphatic heterocycles. The fourth-order valence-corrected chi connectivity index (χ4v) is 4.59. The Labute approximate surface area is 160 Å². The number of benzene rings is 1. The predicted molar refractivity (Wildman–Crippen MR) is 110 cm³/mol. The van der Waals surface area contributed by atoms with E-state index in [9.17, 15) is 8.42 Å². The molecule has 0 aliphatic rings. The van der Waals surface area contributed by atoms with Crippen LogP contribution >= 0.6 is 11.3 Å². The molecule has 2 aromatic rings. The summed E-state index contributed by atoms with van der Waals surface area (Å²) in [6.07, 6.45) is 2.28. The first kappa shape index (κ1) is 20.5. The summed E-state index contributed by atoms with van der Waals surface area (Å²) in [6.45, 7) is 5.46. The van der Waals surface area contributed by atoms with Crippen molar-refractivity contribution in [3.8, 4) is 0 Å². The zero-order chi connectivity index (χ0) is 19.2. The van der Waals surface area contributed by atoms with Crippen molar-refractivity contribution >= 4 is 27.1 Å². The highest BCUT2D eigenvalue weighted by Gasteiger charge is 2.11. The molecule has 1 unspecified atom stereocenters. The Kier molecular flexibility index (Phi) is 7.23. The summed E-state index contributed by atoms with van der Waals surface area (Å²) < 4.78 is 23.4. The van der Waals surface area contributed by atoms with Crippen LogP contribution in [0.2, 0.25) is 0 Å². The molecule has 0 radical (unpaired) electrons. The first-order valence-corrected chi connectivity index (χ1v) is 11.3. The molecule has 7 heteroatoms. The minimum absolute atomic E-state index is 0.381. The zero-order valence-electron chi connectivity index (χ0n) is 15.7. The van der Waals surface area contributed by atoms with Crippen LogP contribution in [0.25, 0.3) is 0 Å². The van der Waals surface area contributed by atoms with Gasteiger partial charge in [0.05, 0.1) is 4.90 Å². The Balaban J connectivity index is 1.86. The van der Waals surface area contributed by atoms with Gasteiger partial charge in [-0.2, -0.15) is 0 Å². The van der Waals surface area contributed by atoms with Crippen molar-refractivity contribution in [3.05, 3.63) is 51.7 Å². The lowest BCUT2D eigenvalue weighted by atomic mass is 10.1. The summed E-state index contributed by atoms with van der Waals surface area (Å²) in [5, 5.41) is 8.73. The quantitative estimate of drug-likeness (QED) is 0.560. The minimum Gasteiger partial charge on any atom is -0.356 e. The van der Waals surface area contributed by atoms with Crippen molar-refractivity contribution in [2.75, 3.05) is 19.8 Å². The summed E-state index contributed by atoms with van der Waals surface area (Å²) in [5.74, 6) is 1.25. The number of hydrogen-bond donors (Lipinski definition) is 2. The molecule has 0 bridgehead atoms. The fraction of sp³-hybridized carbons (Fsp3) is 0.421. The lowest BCUT2D eigenvalue weighted by Crippen LogP contribution is -2.39. The van der Waals surface area contributed by atoms with Crippen LogP contribution in [0.1, 0.15) is 22.9 Å². The van der Waals surface area contributed by atoms with Gasteiger partial charge in [-0.1, -0.05) is 25.1 Å². The molecule has 1 aromatic heterocycles. The molecule has 0 amide bonds. The van der Waals surface area contributed by atoms with Crippen LogP contribution < -0.4 is 10.6 Å². The second-order valence-corrected chi connectivity index (χ2v) is 9.58. The van der Waals surface area contributed by atoms with Crippen molar-refractivity contribution in [1.29, 1.82) is 0 Å². The van der Waals surface area contributed by atoms with Crippen LogP contribution in [0, 0.1) is 12.8 Å². The number of sulfone groups is 1. The molecule has 5 nitrogen and oxygen atoms in total. The monoisotopic (exact) mass is 393 g/mol. The number of aliphatic imine (C=N–C) groups is 1. The molecule has 0 saturated heterocycles. The highest BCUT2D eigenvalue weighted by atomic mass is 32.2. The van der Waals surface area contributed by atoms with Gasteiger partial charge < -0.3 is 10.6 Å². The van der Waals surface area contributed by atoms with Gasteiger partial charge in [0.1, 0.15) is 0 Å². The third-order valence-electron chi connectivity index (χ3n) is 4.07. The van der Waals surface area contributed by atoms with E-state index >= 15 is 0 Å². The highest BCUT2D eigenvalue weighted by molar-refractivity contribution is 7.90. The van der Waals surface area contributed by atoms with Crippen molar-refractivity contribution in [2.24, 2.45) is 10.9 Å². The lowest BCUT2D eigenvalue weighted by molar-refractivity contribution is 0.562. The molecule has 0 spiro atoms. The van der Waals surface area contributed by atoms with Gasteiger partial charge in [-0.3, -0.25) is 4.99 Å². The SMILES string of the molecule is CN=C(NCc1ccc(S(C)(=O)=O)c(C)c1)NCC(C)Cc1cccs1. The number of nitrogens with zero attached hydrogens (tertiary/aromatic N) is 1. The summed E-state index contributed by atoms with van der Waals surface area (Å²) >= 11 is 1.79. The number of thiophene rings is 1. The first-order chi connectivity index (χ1) is 12.3. The van der Waals surface area contributed by atoms with E-state index in [0.29, 0.717) is 17.4 Å². The second-order valence-electron chi connectivity index (χ2n) is 6.57. The van der Waals surface area contributed by atoms with E-state index < -0.39 is 9.84 Å². The molecule has 1 heterocycles. The average Bonchev–Trinajstić information content (AvgIpc) is 3.06. The third kappa shape index (κ3) is 6.14. The predicted octanol–water partition coefficient (Wildman–Crippen LogP) is 3.00. The van der Waals surface area contributed by atoms with Crippen LogP contribution in [-0.2, 0) is 22.8 Å². The maximum atomic E-state index is 11.7. The Morgan fingerprint density at radius 2 is 2.04 bits per heavy atom. The number of aryl methyl sites for hydroxylation is 1. The molecule has 0 fully saturated rings. The molecule has 0 saturated carbocycles. The standard InChI is InChI=1S/C19H27N3O2S2/c1-14(10-17-6-5-9-25-17)12-21-19(20-3)22-13-16-7-8-18(15(2)11-16)26(4,23)24/h5-9,11,14H,10,12-13H2,1-4H3,(H2,20,21,22). The molecule has 142 valence electrons. The Hall–Kier alpha value is -1.86. The van der Waals surface area contributed by atoms with Crippen LogP contribution in [0.4, 0.5) is 0 Å². The van der Waals surface area contributed by atoms with E-state index in [-0.39, 0.29) is 0 Å². The number of hydrogen-bond acceptors (Lipinski definition) is 4. The fourth-order valence-electron chi connectivity index (χ4n) is 2.76. The number of rotatable bonds is 7. The topological polar surface area (TPSA) is 70.6 Å². The third-order valence-corrected chi connectivity index (χ3v) is 6.23. The highest BCUT2D eigenvalue weighted by Crippen LogP contribution is 2.16. The summed E-state index contributed by atoms with van der Waals surface area (Å²) in [6, 6.07) is 9.65. The molecular weight excluding hydrogens is 366 g/mol. The molecule has 0 aliphatic carbocycles. The summed E-state index contributed by atoms with van der Waals surface area (Å²) in [7, 11) is -1.43. The van der Waals surface area contributed by atoms with Crippen LogP contribution in [0.3, 0.4) is 0 Å². The van der Waals surface area contributed by atoms with Gasteiger partial charge in [0.25, 0.3) is 0 Å². The molecule has 1 atom stereocenters. The van der Waals surface area contributed by atoms with Gasteiger partial charge >= 0.3 is 0 Å². The maximum Gasteiger partial charge on any atom is 0.191 e. The van der Waals surface area contributed by atoms with Gasteiger partial charge in [-0.15, -0.1) is 11.3 Å². The van der Waals surface area contributed by atoms with Crippen molar-refractivity contribution in [3.63, 3.8) is 0 Å². The van der Waals surface area contributed by atoms with Gasteiger partial charge in [-0.25, -0.2) is 8.42 Å². The van der Waals surface area contributed by atoms with E-state index in [1.54, 1.807) is 24.5 Å². The molecule has 2 rings (SSSR count).